The quantitative estimate of drug-likeness (QED) is 0.437. The zero-order valence-electron chi connectivity index (χ0n) is 7.49. The van der Waals surface area contributed by atoms with Crippen LogP contribution in [0.4, 0.5) is 0 Å². The summed E-state index contributed by atoms with van der Waals surface area (Å²) in [5.74, 6) is -0.333. The second-order valence-corrected chi connectivity index (χ2v) is 2.35. The van der Waals surface area contributed by atoms with Gasteiger partial charge in [-0.2, -0.15) is 10.5 Å². The smallest absolute Gasteiger partial charge is 0.306 e. The molecule has 0 aromatic rings. The summed E-state index contributed by atoms with van der Waals surface area (Å²) in [4.78, 5) is 12.3. The number of carbonyl (C=O) groups excluding carboxylic acids is 1. The first kappa shape index (κ1) is 11.4. The molecule has 0 fully saturated rings. The molecule has 0 rings (SSSR count). The van der Waals surface area contributed by atoms with Crippen LogP contribution in [-0.2, 0) is 9.53 Å². The van der Waals surface area contributed by atoms with Gasteiger partial charge in [0.05, 0.1) is 38.8 Å². The third-order valence-corrected chi connectivity index (χ3v) is 1.45. The van der Waals surface area contributed by atoms with Gasteiger partial charge in [0.15, 0.2) is 0 Å². The van der Waals surface area contributed by atoms with Gasteiger partial charge < -0.3 is 4.74 Å². The first-order valence-corrected chi connectivity index (χ1v) is 3.77. The lowest BCUT2D eigenvalue weighted by Crippen LogP contribution is -2.27. The van der Waals surface area contributed by atoms with Crippen molar-refractivity contribution in [1.29, 1.82) is 10.5 Å². The normalized spacial score (nSPS) is 8.92. The molecule has 0 aromatic carbocycles. The number of nitriles is 2. The molecule has 0 aliphatic rings. The van der Waals surface area contributed by atoms with Crippen molar-refractivity contribution >= 4 is 5.97 Å². The highest BCUT2D eigenvalue weighted by Gasteiger charge is 2.06. The lowest BCUT2D eigenvalue weighted by atomic mass is 10.4. The summed E-state index contributed by atoms with van der Waals surface area (Å²) in [6.07, 6.45) is 0.208. The van der Waals surface area contributed by atoms with Crippen LogP contribution in [0.25, 0.3) is 0 Å². The Bertz CT molecular complexity index is 223. The highest BCUT2D eigenvalue weighted by molar-refractivity contribution is 5.69. The van der Waals surface area contributed by atoms with Crippen LogP contribution in [0.15, 0.2) is 0 Å². The Balaban J connectivity index is 3.77. The van der Waals surface area contributed by atoms with Gasteiger partial charge in [-0.05, 0) is 0 Å². The molecular weight excluding hydrogens is 170 g/mol. The van der Waals surface area contributed by atoms with E-state index in [4.69, 9.17) is 10.5 Å². The van der Waals surface area contributed by atoms with Gasteiger partial charge in [0, 0.05) is 6.54 Å². The Morgan fingerprint density at radius 1 is 1.38 bits per heavy atom. The Morgan fingerprint density at radius 3 is 2.31 bits per heavy atom. The van der Waals surface area contributed by atoms with Gasteiger partial charge in [-0.1, -0.05) is 0 Å². The van der Waals surface area contributed by atoms with E-state index in [0.29, 0.717) is 6.54 Å². The molecule has 0 bridgehead atoms. The molecule has 13 heavy (non-hydrogen) atoms. The predicted octanol–water partition coefficient (Wildman–Crippen LogP) is -0.101. The van der Waals surface area contributed by atoms with Crippen molar-refractivity contribution in [2.24, 2.45) is 0 Å². The highest BCUT2D eigenvalue weighted by atomic mass is 16.5. The summed E-state index contributed by atoms with van der Waals surface area (Å²) < 4.78 is 4.43. The van der Waals surface area contributed by atoms with Crippen LogP contribution in [0.1, 0.15) is 6.42 Å². The van der Waals surface area contributed by atoms with Crippen LogP contribution in [0.3, 0.4) is 0 Å². The van der Waals surface area contributed by atoms with Crippen molar-refractivity contribution in [3.8, 4) is 12.1 Å². The minimum atomic E-state index is -0.333. The SMILES string of the molecule is COC(=O)CCN(CC#N)CC#N. The molecule has 0 amide bonds. The van der Waals surface area contributed by atoms with Gasteiger partial charge in [-0.15, -0.1) is 0 Å². The first-order chi connectivity index (χ1) is 6.24. The van der Waals surface area contributed by atoms with E-state index >= 15 is 0 Å². The Kier molecular flexibility index (Phi) is 6.21. The zero-order valence-corrected chi connectivity index (χ0v) is 7.49. The molecule has 0 saturated heterocycles. The topological polar surface area (TPSA) is 77.1 Å². The summed E-state index contributed by atoms with van der Waals surface area (Å²) >= 11 is 0. The first-order valence-electron chi connectivity index (χ1n) is 3.77. The maximum Gasteiger partial charge on any atom is 0.306 e. The zero-order chi connectivity index (χ0) is 10.1. The molecule has 0 atom stereocenters. The van der Waals surface area contributed by atoms with Crippen molar-refractivity contribution < 1.29 is 9.53 Å². The maximum atomic E-state index is 10.7. The van der Waals surface area contributed by atoms with Gasteiger partial charge >= 0.3 is 5.97 Å². The van der Waals surface area contributed by atoms with E-state index in [1.807, 2.05) is 12.1 Å². The van der Waals surface area contributed by atoms with Gasteiger partial charge in [-0.25, -0.2) is 0 Å². The largest absolute Gasteiger partial charge is 0.469 e. The van der Waals surface area contributed by atoms with E-state index in [1.165, 1.54) is 7.11 Å². The van der Waals surface area contributed by atoms with Crippen molar-refractivity contribution in [2.45, 2.75) is 6.42 Å². The molecule has 0 aliphatic heterocycles. The molecule has 0 unspecified atom stereocenters. The van der Waals surface area contributed by atoms with Crippen molar-refractivity contribution in [3.05, 3.63) is 0 Å². The predicted molar refractivity (Wildman–Crippen MR) is 44.3 cm³/mol. The molecule has 0 spiro atoms. The summed E-state index contributed by atoms with van der Waals surface area (Å²) in [5.41, 5.74) is 0. The number of hydrogen-bond acceptors (Lipinski definition) is 5. The van der Waals surface area contributed by atoms with Crippen LogP contribution in [0.2, 0.25) is 0 Å². The summed E-state index contributed by atoms with van der Waals surface area (Å²) in [7, 11) is 1.31. The number of methoxy groups -OCH3 is 1. The van der Waals surface area contributed by atoms with Crippen LogP contribution in [0, 0.1) is 22.7 Å². The monoisotopic (exact) mass is 181 g/mol. The second kappa shape index (κ2) is 7.08. The fraction of sp³-hybridized carbons (Fsp3) is 0.625. The molecule has 0 saturated carbocycles. The van der Waals surface area contributed by atoms with Gasteiger partial charge in [-0.3, -0.25) is 9.69 Å². The lowest BCUT2D eigenvalue weighted by molar-refractivity contribution is -0.140. The minimum absolute atomic E-state index is 0.157. The molecule has 0 aliphatic carbocycles. The maximum absolute atomic E-state index is 10.7. The lowest BCUT2D eigenvalue weighted by Gasteiger charge is -2.13. The minimum Gasteiger partial charge on any atom is -0.469 e. The number of carbonyl (C=O) groups is 1. The number of nitrogens with zero attached hydrogens (tertiary/aromatic N) is 3. The van der Waals surface area contributed by atoms with Crippen LogP contribution < -0.4 is 0 Å². The molecular formula is C8H11N3O2. The average Bonchev–Trinajstić information content (AvgIpc) is 2.14. The number of hydrogen-bond donors (Lipinski definition) is 0. The molecule has 5 nitrogen and oxygen atoms in total. The molecule has 0 heterocycles. The average molecular weight is 181 g/mol. The highest BCUT2D eigenvalue weighted by Crippen LogP contribution is 1.91. The Labute approximate surface area is 77.1 Å². The van der Waals surface area contributed by atoms with E-state index in [9.17, 15) is 4.79 Å². The van der Waals surface area contributed by atoms with Crippen LogP contribution in [0.5, 0.6) is 0 Å². The van der Waals surface area contributed by atoms with Gasteiger partial charge in [0.1, 0.15) is 0 Å². The summed E-state index contributed by atoms with van der Waals surface area (Å²) in [5, 5.41) is 16.7. The fourth-order valence-electron chi connectivity index (χ4n) is 0.765. The molecule has 0 radical (unpaired) electrons. The van der Waals surface area contributed by atoms with E-state index in [2.05, 4.69) is 4.74 Å². The van der Waals surface area contributed by atoms with Crippen molar-refractivity contribution in [2.75, 3.05) is 26.7 Å². The van der Waals surface area contributed by atoms with E-state index in [0.717, 1.165) is 0 Å². The third kappa shape index (κ3) is 5.66. The third-order valence-electron chi connectivity index (χ3n) is 1.45. The number of ether oxygens (including phenoxy) is 1. The van der Waals surface area contributed by atoms with Crippen molar-refractivity contribution in [3.63, 3.8) is 0 Å². The van der Waals surface area contributed by atoms with Crippen LogP contribution >= 0.6 is 0 Å². The molecule has 0 aromatic heterocycles. The summed E-state index contributed by atoms with van der Waals surface area (Å²) in [6, 6.07) is 3.83. The Hall–Kier alpha value is -1.59. The van der Waals surface area contributed by atoms with E-state index < -0.39 is 0 Å². The van der Waals surface area contributed by atoms with Crippen LogP contribution in [-0.4, -0.2) is 37.6 Å². The van der Waals surface area contributed by atoms with E-state index in [1.54, 1.807) is 4.90 Å². The molecule has 70 valence electrons. The van der Waals surface area contributed by atoms with Gasteiger partial charge in [0.25, 0.3) is 0 Å². The second-order valence-electron chi connectivity index (χ2n) is 2.35. The van der Waals surface area contributed by atoms with Gasteiger partial charge in [0.2, 0.25) is 0 Å². The number of esters is 1. The Morgan fingerprint density at radius 2 is 1.92 bits per heavy atom. The van der Waals surface area contributed by atoms with Crippen molar-refractivity contribution in [1.82, 2.24) is 4.90 Å². The molecule has 5 heteroatoms. The molecule has 0 N–H and O–H groups in total. The number of rotatable bonds is 5. The fourth-order valence-corrected chi connectivity index (χ4v) is 0.765. The standard InChI is InChI=1S/C8H11N3O2/c1-13-8(12)2-5-11(6-3-9)7-4-10/h2,5-7H2,1H3. The van der Waals surface area contributed by atoms with E-state index in [-0.39, 0.29) is 25.5 Å². The summed E-state index contributed by atoms with van der Waals surface area (Å²) in [6.45, 7) is 0.697.